The van der Waals surface area contributed by atoms with Gasteiger partial charge in [-0.25, -0.2) is 0 Å². The van der Waals surface area contributed by atoms with Gasteiger partial charge < -0.3 is 15.8 Å². The maximum atomic E-state index is 12.5. The lowest BCUT2D eigenvalue weighted by Gasteiger charge is -2.19. The number of carbonyl (C=O) groups is 1. The maximum Gasteiger partial charge on any atom is 0.251 e. The van der Waals surface area contributed by atoms with Crippen LogP contribution in [-0.4, -0.2) is 22.6 Å². The third-order valence-corrected chi connectivity index (χ3v) is 4.92. The number of amides is 1. The second-order valence-electron chi connectivity index (χ2n) is 8.36. The van der Waals surface area contributed by atoms with Gasteiger partial charge in [-0.1, -0.05) is 57.2 Å². The second kappa shape index (κ2) is 10.2. The molecule has 1 heterocycles. The predicted molar refractivity (Wildman–Crippen MR) is 118 cm³/mol. The molecule has 0 fully saturated rings. The van der Waals surface area contributed by atoms with Crippen molar-refractivity contribution in [3.8, 4) is 0 Å². The van der Waals surface area contributed by atoms with Gasteiger partial charge >= 0.3 is 0 Å². The number of rotatable bonds is 9. The van der Waals surface area contributed by atoms with Crippen molar-refractivity contribution in [2.24, 2.45) is 5.73 Å². The Kier molecular flexibility index (Phi) is 7.97. The van der Waals surface area contributed by atoms with E-state index in [2.05, 4.69) is 50.0 Å². The van der Waals surface area contributed by atoms with Crippen molar-refractivity contribution in [3.63, 3.8) is 0 Å². The summed E-state index contributed by atoms with van der Waals surface area (Å²) in [5, 5.41) is 8.99. The number of aliphatic hydroxyl groups excluding tert-OH is 1. The van der Waals surface area contributed by atoms with E-state index in [1.807, 2.05) is 18.2 Å². The van der Waals surface area contributed by atoms with Crippen LogP contribution in [0.15, 0.2) is 47.3 Å². The third-order valence-electron chi connectivity index (χ3n) is 4.92. The highest BCUT2D eigenvalue weighted by atomic mass is 16.3. The number of hydrogen-bond donors (Lipinski definition) is 3. The molecular weight excluding hydrogens is 364 g/mol. The molecule has 0 bridgehead atoms. The number of allylic oxidation sites excluding steroid dienone is 1. The molecule has 5 heteroatoms. The first kappa shape index (κ1) is 22.6. The molecule has 5 nitrogen and oxygen atoms in total. The molecule has 1 aromatic carbocycles. The zero-order valence-corrected chi connectivity index (χ0v) is 17.6. The van der Waals surface area contributed by atoms with Crippen molar-refractivity contribution in [2.45, 2.75) is 58.3 Å². The minimum atomic E-state index is -0.309. The zero-order chi connectivity index (χ0) is 21.4. The Bertz CT molecular complexity index is 903. The number of aliphatic hydroxyl groups is 1. The van der Waals surface area contributed by atoms with Crippen LogP contribution in [0.4, 0.5) is 0 Å². The molecule has 156 valence electrons. The minimum absolute atomic E-state index is 0.0618. The Morgan fingerprint density at radius 1 is 1.10 bits per heavy atom. The van der Waals surface area contributed by atoms with Crippen LogP contribution >= 0.6 is 0 Å². The minimum Gasteiger partial charge on any atom is -0.396 e. The maximum absolute atomic E-state index is 12.5. The molecule has 0 saturated heterocycles. The number of carbonyl (C=O) groups excluding carboxylic acids is 1. The van der Waals surface area contributed by atoms with Crippen LogP contribution < -0.4 is 11.3 Å². The molecule has 29 heavy (non-hydrogen) atoms. The van der Waals surface area contributed by atoms with Gasteiger partial charge in [0.25, 0.3) is 5.56 Å². The lowest BCUT2D eigenvalue weighted by molar-refractivity contribution is -0.118. The van der Waals surface area contributed by atoms with Crippen LogP contribution in [-0.2, 0) is 16.6 Å². The smallest absolute Gasteiger partial charge is 0.251 e. The number of nitrogens with one attached hydrogen (secondary N) is 1. The fourth-order valence-electron chi connectivity index (χ4n) is 3.18. The number of benzene rings is 1. The van der Waals surface area contributed by atoms with E-state index < -0.39 is 0 Å². The molecule has 0 saturated carbocycles. The number of primary amides is 1. The summed E-state index contributed by atoms with van der Waals surface area (Å²) in [5.41, 5.74) is 9.75. The fraction of sp³-hybridized carbons (Fsp3) is 0.417. The molecule has 0 aliphatic heterocycles. The average molecular weight is 397 g/mol. The van der Waals surface area contributed by atoms with Crippen molar-refractivity contribution >= 4 is 11.5 Å². The van der Waals surface area contributed by atoms with Gasteiger partial charge in [-0.05, 0) is 48.3 Å². The number of aromatic nitrogens is 1. The Morgan fingerprint density at radius 2 is 1.79 bits per heavy atom. The average Bonchev–Trinajstić information content (AvgIpc) is 2.66. The first-order chi connectivity index (χ1) is 13.7. The van der Waals surface area contributed by atoms with Gasteiger partial charge in [0.1, 0.15) is 0 Å². The predicted octanol–water partition coefficient (Wildman–Crippen LogP) is 3.68. The molecule has 1 aromatic heterocycles. The van der Waals surface area contributed by atoms with Gasteiger partial charge in [0, 0.05) is 29.9 Å². The van der Waals surface area contributed by atoms with Crippen molar-refractivity contribution in [3.05, 3.63) is 75.2 Å². The number of pyridine rings is 1. The van der Waals surface area contributed by atoms with Crippen LogP contribution in [0.3, 0.4) is 0 Å². The highest BCUT2D eigenvalue weighted by Crippen LogP contribution is 2.27. The van der Waals surface area contributed by atoms with Crippen molar-refractivity contribution in [1.82, 2.24) is 4.98 Å². The van der Waals surface area contributed by atoms with E-state index in [1.54, 1.807) is 0 Å². The molecule has 0 aliphatic carbocycles. The summed E-state index contributed by atoms with van der Waals surface area (Å²) in [4.78, 5) is 26.5. The first-order valence-corrected chi connectivity index (χ1v) is 10.1. The normalized spacial score (nSPS) is 12.2. The second-order valence-corrected chi connectivity index (χ2v) is 8.36. The van der Waals surface area contributed by atoms with Crippen LogP contribution in [0, 0.1) is 0 Å². The van der Waals surface area contributed by atoms with E-state index in [9.17, 15) is 9.59 Å². The molecule has 0 spiro atoms. The zero-order valence-electron chi connectivity index (χ0n) is 17.6. The van der Waals surface area contributed by atoms with E-state index in [0.29, 0.717) is 37.7 Å². The number of nitrogens with two attached hydrogens (primary N) is 1. The standard InChI is InChI=1S/C24H32N2O3/c1-24(2,3)19-13-10-17(11-14-19)20(8-4-5-9-22(25)28)21-15-12-18(7-6-16-27)23(29)26-21/h8,10-15,27H,4-7,9,16H2,1-3H3,(H2,25,28)(H,26,29)/b20-8+. The van der Waals surface area contributed by atoms with E-state index in [4.69, 9.17) is 10.8 Å². The Balaban J connectivity index is 2.37. The van der Waals surface area contributed by atoms with Gasteiger partial charge in [-0.15, -0.1) is 0 Å². The monoisotopic (exact) mass is 396 g/mol. The highest BCUT2D eigenvalue weighted by molar-refractivity contribution is 5.78. The van der Waals surface area contributed by atoms with Crippen LogP contribution in [0.1, 0.15) is 68.8 Å². The number of H-pyrrole nitrogens is 1. The van der Waals surface area contributed by atoms with Crippen molar-refractivity contribution < 1.29 is 9.90 Å². The van der Waals surface area contributed by atoms with E-state index >= 15 is 0 Å². The van der Waals surface area contributed by atoms with E-state index in [-0.39, 0.29) is 23.5 Å². The number of aryl methyl sites for hydroxylation is 1. The quantitative estimate of drug-likeness (QED) is 0.564. The van der Waals surface area contributed by atoms with E-state index in [0.717, 1.165) is 16.8 Å². The number of unbranched alkanes of at least 4 members (excludes halogenated alkanes) is 1. The van der Waals surface area contributed by atoms with Crippen LogP contribution in [0.2, 0.25) is 0 Å². The third kappa shape index (κ3) is 6.71. The van der Waals surface area contributed by atoms with E-state index in [1.165, 1.54) is 5.56 Å². The Hall–Kier alpha value is -2.66. The summed E-state index contributed by atoms with van der Waals surface area (Å²) in [6.45, 7) is 6.58. The molecule has 0 unspecified atom stereocenters. The van der Waals surface area contributed by atoms with Crippen molar-refractivity contribution in [2.75, 3.05) is 6.61 Å². The summed E-state index contributed by atoms with van der Waals surface area (Å²) < 4.78 is 0. The highest BCUT2D eigenvalue weighted by Gasteiger charge is 2.14. The SMILES string of the molecule is CC(C)(C)c1ccc(/C(=C\CCCC(N)=O)c2ccc(CCCO)c(=O)[nH]2)cc1. The topological polar surface area (TPSA) is 96.2 Å². The Morgan fingerprint density at radius 3 is 2.34 bits per heavy atom. The van der Waals surface area contributed by atoms with Crippen LogP contribution in [0.5, 0.6) is 0 Å². The summed E-state index contributed by atoms with van der Waals surface area (Å²) in [5.74, 6) is -0.309. The lowest BCUT2D eigenvalue weighted by Crippen LogP contribution is -2.15. The lowest BCUT2D eigenvalue weighted by atomic mass is 9.86. The van der Waals surface area contributed by atoms with Gasteiger partial charge in [-0.2, -0.15) is 0 Å². The molecule has 0 radical (unpaired) electrons. The summed E-state index contributed by atoms with van der Waals surface area (Å²) in [7, 11) is 0. The Labute approximate surface area is 172 Å². The van der Waals surface area contributed by atoms with Gasteiger partial charge in [0.05, 0.1) is 0 Å². The van der Waals surface area contributed by atoms with Gasteiger partial charge in [0.2, 0.25) is 5.91 Å². The summed E-state index contributed by atoms with van der Waals surface area (Å²) >= 11 is 0. The molecule has 0 atom stereocenters. The molecule has 2 aromatic rings. The molecule has 1 amide bonds. The summed E-state index contributed by atoms with van der Waals surface area (Å²) in [6, 6.07) is 12.1. The fourth-order valence-corrected chi connectivity index (χ4v) is 3.18. The number of hydrogen-bond acceptors (Lipinski definition) is 3. The molecular formula is C24H32N2O3. The van der Waals surface area contributed by atoms with Crippen LogP contribution in [0.25, 0.3) is 5.57 Å². The van der Waals surface area contributed by atoms with Crippen molar-refractivity contribution in [1.29, 1.82) is 0 Å². The molecule has 4 N–H and O–H groups in total. The number of aromatic amines is 1. The first-order valence-electron chi connectivity index (χ1n) is 10.1. The molecule has 0 aliphatic rings. The van der Waals surface area contributed by atoms with Gasteiger partial charge in [0.15, 0.2) is 0 Å². The largest absolute Gasteiger partial charge is 0.396 e. The summed E-state index contributed by atoms with van der Waals surface area (Å²) in [6.07, 6.45) is 4.85. The van der Waals surface area contributed by atoms with Gasteiger partial charge in [-0.3, -0.25) is 9.59 Å². The molecule has 2 rings (SSSR count).